The molecule has 0 aromatic heterocycles. The Morgan fingerprint density at radius 2 is 1.79 bits per heavy atom. The van der Waals surface area contributed by atoms with Crippen molar-refractivity contribution < 1.29 is 4.39 Å². The summed E-state index contributed by atoms with van der Waals surface area (Å²) in [6.45, 7) is 6.48. The van der Waals surface area contributed by atoms with Gasteiger partial charge in [0.05, 0.1) is 0 Å². The maximum Gasteiger partial charge on any atom is 0.136 e. The van der Waals surface area contributed by atoms with Gasteiger partial charge in [0.2, 0.25) is 0 Å². The number of halogens is 1. The number of thioether (sulfide) groups is 1. The van der Waals surface area contributed by atoms with Crippen molar-refractivity contribution in [2.75, 3.05) is 0 Å². The van der Waals surface area contributed by atoms with Crippen LogP contribution < -0.4 is 0 Å². The molecule has 2 heteroatoms. The molecule has 0 unspecified atom stereocenters. The molecule has 0 radical (unpaired) electrons. The quantitative estimate of drug-likeness (QED) is 0.662. The van der Waals surface area contributed by atoms with Gasteiger partial charge in [-0.2, -0.15) is 0 Å². The van der Waals surface area contributed by atoms with E-state index in [2.05, 4.69) is 20.8 Å². The Kier molecular flexibility index (Phi) is 3.99. The number of benzene rings is 1. The molecule has 0 fully saturated rings. The van der Waals surface area contributed by atoms with E-state index in [0.717, 1.165) is 17.7 Å². The zero-order chi connectivity index (χ0) is 10.6. The van der Waals surface area contributed by atoms with Crippen LogP contribution in [0.5, 0.6) is 0 Å². The third kappa shape index (κ3) is 2.74. The maximum absolute atomic E-state index is 13.4. The Hall–Kier alpha value is -0.500. The van der Waals surface area contributed by atoms with Crippen LogP contribution in [0.25, 0.3) is 0 Å². The molecular weight excluding hydrogens is 195 g/mol. The summed E-state index contributed by atoms with van der Waals surface area (Å²) in [5.41, 5.74) is 0. The summed E-state index contributed by atoms with van der Waals surface area (Å²) in [5, 5.41) is 0. The van der Waals surface area contributed by atoms with Crippen LogP contribution >= 0.6 is 11.8 Å². The first-order valence-corrected chi connectivity index (χ1v) is 5.86. The minimum atomic E-state index is -0.106. The van der Waals surface area contributed by atoms with Crippen molar-refractivity contribution in [3.8, 4) is 0 Å². The Labute approximate surface area is 89.9 Å². The van der Waals surface area contributed by atoms with E-state index in [9.17, 15) is 4.39 Å². The van der Waals surface area contributed by atoms with E-state index in [1.165, 1.54) is 6.07 Å². The van der Waals surface area contributed by atoms with Gasteiger partial charge in [0.25, 0.3) is 0 Å². The average Bonchev–Trinajstić information content (AvgIpc) is 2.21. The third-order valence-corrected chi connectivity index (χ3v) is 4.31. The summed E-state index contributed by atoms with van der Waals surface area (Å²) < 4.78 is 13.5. The minimum Gasteiger partial charge on any atom is -0.206 e. The largest absolute Gasteiger partial charge is 0.206 e. The van der Waals surface area contributed by atoms with Crippen molar-refractivity contribution in [1.29, 1.82) is 0 Å². The highest BCUT2D eigenvalue weighted by Crippen LogP contribution is 2.38. The Morgan fingerprint density at radius 3 is 2.29 bits per heavy atom. The van der Waals surface area contributed by atoms with E-state index in [0.29, 0.717) is 0 Å². The van der Waals surface area contributed by atoms with E-state index >= 15 is 0 Å². The first kappa shape index (κ1) is 11.6. The highest BCUT2D eigenvalue weighted by atomic mass is 32.2. The summed E-state index contributed by atoms with van der Waals surface area (Å²) >= 11 is 1.64. The van der Waals surface area contributed by atoms with Crippen molar-refractivity contribution in [2.45, 2.75) is 43.3 Å². The van der Waals surface area contributed by atoms with Crippen LogP contribution in [0.3, 0.4) is 0 Å². The SMILES string of the molecule is CCC(C)(CC)Sc1ccccc1F. The Bertz CT molecular complexity index is 292. The fourth-order valence-electron chi connectivity index (χ4n) is 1.19. The normalized spacial score (nSPS) is 11.7. The van der Waals surface area contributed by atoms with Gasteiger partial charge in [0.15, 0.2) is 0 Å². The molecule has 14 heavy (non-hydrogen) atoms. The second-order valence-electron chi connectivity index (χ2n) is 3.69. The van der Waals surface area contributed by atoms with Crippen LogP contribution in [-0.2, 0) is 0 Å². The molecule has 78 valence electrons. The van der Waals surface area contributed by atoms with Crippen molar-refractivity contribution >= 4 is 11.8 Å². The molecule has 0 amide bonds. The molecule has 0 saturated heterocycles. The minimum absolute atomic E-state index is 0.106. The molecule has 0 heterocycles. The van der Waals surface area contributed by atoms with Crippen molar-refractivity contribution in [1.82, 2.24) is 0 Å². The summed E-state index contributed by atoms with van der Waals surface area (Å²) in [5.74, 6) is -0.106. The zero-order valence-electron chi connectivity index (χ0n) is 9.01. The zero-order valence-corrected chi connectivity index (χ0v) is 9.83. The Balaban J connectivity index is 2.82. The van der Waals surface area contributed by atoms with Crippen molar-refractivity contribution in [2.24, 2.45) is 0 Å². The fraction of sp³-hybridized carbons (Fsp3) is 0.500. The predicted octanol–water partition coefficient (Wildman–Crippen LogP) is 4.50. The lowest BCUT2D eigenvalue weighted by atomic mass is 10.1. The molecule has 0 bridgehead atoms. The molecule has 1 aromatic rings. The van der Waals surface area contributed by atoms with Gasteiger partial charge in [-0.15, -0.1) is 11.8 Å². The van der Waals surface area contributed by atoms with Crippen LogP contribution in [0.15, 0.2) is 29.2 Å². The molecule has 0 aliphatic rings. The summed E-state index contributed by atoms with van der Waals surface area (Å²) in [7, 11) is 0. The molecule has 0 N–H and O–H groups in total. The Morgan fingerprint density at radius 1 is 1.21 bits per heavy atom. The molecule has 1 aromatic carbocycles. The maximum atomic E-state index is 13.4. The van der Waals surface area contributed by atoms with Crippen molar-refractivity contribution in [3.63, 3.8) is 0 Å². The molecule has 0 nitrogen and oxygen atoms in total. The van der Waals surface area contributed by atoms with Gasteiger partial charge in [-0.3, -0.25) is 0 Å². The molecule has 0 aliphatic carbocycles. The van der Waals surface area contributed by atoms with Gasteiger partial charge in [0, 0.05) is 9.64 Å². The number of hydrogen-bond acceptors (Lipinski definition) is 1. The summed E-state index contributed by atoms with van der Waals surface area (Å²) in [4.78, 5) is 0.763. The topological polar surface area (TPSA) is 0 Å². The lowest BCUT2D eigenvalue weighted by molar-refractivity contribution is 0.582. The molecule has 0 saturated carbocycles. The molecule has 0 atom stereocenters. The molecule has 0 spiro atoms. The van der Waals surface area contributed by atoms with Crippen LogP contribution in [0.2, 0.25) is 0 Å². The van der Waals surface area contributed by atoms with E-state index in [1.54, 1.807) is 17.8 Å². The van der Waals surface area contributed by atoms with Crippen LogP contribution in [0.4, 0.5) is 4.39 Å². The number of rotatable bonds is 4. The second kappa shape index (κ2) is 4.83. The van der Waals surface area contributed by atoms with Gasteiger partial charge < -0.3 is 0 Å². The highest BCUT2D eigenvalue weighted by molar-refractivity contribution is 8.00. The summed E-state index contributed by atoms with van der Waals surface area (Å²) in [6, 6.07) is 6.99. The van der Waals surface area contributed by atoms with E-state index in [4.69, 9.17) is 0 Å². The lowest BCUT2D eigenvalue weighted by Crippen LogP contribution is -2.16. The number of hydrogen-bond donors (Lipinski definition) is 0. The monoisotopic (exact) mass is 212 g/mol. The van der Waals surface area contributed by atoms with Crippen molar-refractivity contribution in [3.05, 3.63) is 30.1 Å². The van der Waals surface area contributed by atoms with E-state index < -0.39 is 0 Å². The van der Waals surface area contributed by atoms with Crippen LogP contribution in [-0.4, -0.2) is 4.75 Å². The van der Waals surface area contributed by atoms with Gasteiger partial charge in [-0.25, -0.2) is 4.39 Å². The van der Waals surface area contributed by atoms with Crippen LogP contribution in [0.1, 0.15) is 33.6 Å². The lowest BCUT2D eigenvalue weighted by Gasteiger charge is -2.25. The van der Waals surface area contributed by atoms with Gasteiger partial charge >= 0.3 is 0 Å². The molecule has 1 rings (SSSR count). The van der Waals surface area contributed by atoms with Crippen LogP contribution in [0, 0.1) is 5.82 Å². The van der Waals surface area contributed by atoms with E-state index in [-0.39, 0.29) is 10.6 Å². The van der Waals surface area contributed by atoms with Gasteiger partial charge in [0.1, 0.15) is 5.82 Å². The van der Waals surface area contributed by atoms with E-state index in [1.807, 2.05) is 12.1 Å². The first-order valence-electron chi connectivity index (χ1n) is 5.05. The predicted molar refractivity (Wildman–Crippen MR) is 61.2 cm³/mol. The standard InChI is InChI=1S/C12H17FS/c1-4-12(3,5-2)14-11-9-7-6-8-10(11)13/h6-9H,4-5H2,1-3H3. The van der Waals surface area contributed by atoms with Gasteiger partial charge in [-0.05, 0) is 25.0 Å². The third-order valence-electron chi connectivity index (χ3n) is 2.69. The molecular formula is C12H17FS. The highest BCUT2D eigenvalue weighted by Gasteiger charge is 2.22. The second-order valence-corrected chi connectivity index (χ2v) is 5.32. The fourth-order valence-corrected chi connectivity index (χ4v) is 2.32. The summed E-state index contributed by atoms with van der Waals surface area (Å²) in [6.07, 6.45) is 2.12. The first-order chi connectivity index (χ1) is 6.61. The smallest absolute Gasteiger partial charge is 0.136 e. The average molecular weight is 212 g/mol. The van der Waals surface area contributed by atoms with Gasteiger partial charge in [-0.1, -0.05) is 32.9 Å². The molecule has 0 aliphatic heterocycles.